The highest BCUT2D eigenvalue weighted by atomic mass is 19.3. The van der Waals surface area contributed by atoms with E-state index in [1.54, 1.807) is 0 Å². The van der Waals surface area contributed by atoms with Crippen LogP contribution in [-0.2, 0) is 25.5 Å². The van der Waals surface area contributed by atoms with Crippen molar-refractivity contribution in [2.75, 3.05) is 68.8 Å². The van der Waals surface area contributed by atoms with Gasteiger partial charge in [-0.3, -0.25) is 14.7 Å². The highest BCUT2D eigenvalue weighted by Crippen LogP contribution is 2.55. The number of piperidine rings is 1. The molecule has 0 N–H and O–H groups in total. The van der Waals surface area contributed by atoms with Gasteiger partial charge in [-0.05, 0) is 43.9 Å². The first-order valence-electron chi connectivity index (χ1n) is 15.7. The van der Waals surface area contributed by atoms with Gasteiger partial charge >= 0.3 is 0 Å². The summed E-state index contributed by atoms with van der Waals surface area (Å²) in [7, 11) is 0. The summed E-state index contributed by atoms with van der Waals surface area (Å²) in [5.74, 6) is 0.576. The number of amides is 1. The van der Waals surface area contributed by atoms with Gasteiger partial charge in [-0.15, -0.1) is 0 Å². The summed E-state index contributed by atoms with van der Waals surface area (Å²) in [6.45, 7) is 11.8. The molecule has 6 aliphatic rings. The molecular weight excluding hydrogens is 566 g/mol. The maximum atomic E-state index is 14.5. The fraction of sp³-hybridized carbons (Fsp3) is 0.545. The summed E-state index contributed by atoms with van der Waals surface area (Å²) >= 11 is 0. The van der Waals surface area contributed by atoms with Gasteiger partial charge in [0, 0.05) is 81.3 Å². The average Bonchev–Trinajstić information content (AvgIpc) is 3.22. The Balaban J connectivity index is 1.04. The fourth-order valence-electron chi connectivity index (χ4n) is 8.35. The standard InChI is InChI=1S/C33H38F2N6O3/c1-3-27(42)40-15-13-38(14-16-40)25-18-41-23(25)6-4-5-22-24(41)17-26(37-29(22)31(34)35)39-11-8-32(9-12-39)28-21(2)7-10-36-30(28)33(44-32)19-43-20-33/h3-5,7,10,17,23,25,31H,1,6,8-9,11-16,18-20H2,2H3/t23-,25?/m0/s1. The molecule has 4 saturated heterocycles. The molecule has 0 bridgehead atoms. The Kier molecular flexibility index (Phi) is 6.59. The molecule has 8 heterocycles. The number of rotatable bonds is 4. The van der Waals surface area contributed by atoms with Crippen molar-refractivity contribution in [1.29, 1.82) is 0 Å². The van der Waals surface area contributed by atoms with E-state index in [2.05, 4.69) is 33.2 Å². The lowest BCUT2D eigenvalue weighted by Crippen LogP contribution is -2.69. The van der Waals surface area contributed by atoms with Gasteiger partial charge in [0.25, 0.3) is 6.43 Å². The number of ether oxygens (including phenoxy) is 2. The number of alkyl halides is 2. The van der Waals surface area contributed by atoms with Crippen LogP contribution in [0.15, 0.2) is 37.1 Å². The maximum absolute atomic E-state index is 14.5. The molecule has 4 fully saturated rings. The molecule has 2 spiro atoms. The second kappa shape index (κ2) is 10.3. The second-order valence-electron chi connectivity index (χ2n) is 13.0. The predicted octanol–water partition coefficient (Wildman–Crippen LogP) is 3.78. The Bertz CT molecular complexity index is 1530. The molecule has 6 aliphatic heterocycles. The van der Waals surface area contributed by atoms with Crippen LogP contribution in [-0.4, -0.2) is 96.8 Å². The zero-order valence-electron chi connectivity index (χ0n) is 25.1. The number of carbonyl (C=O) groups excluding carboxylic acids is 1. The van der Waals surface area contributed by atoms with E-state index in [1.165, 1.54) is 17.2 Å². The number of hydrogen-bond acceptors (Lipinski definition) is 8. The number of pyridine rings is 2. The summed E-state index contributed by atoms with van der Waals surface area (Å²) in [5.41, 5.74) is 3.65. The first-order valence-corrected chi connectivity index (χ1v) is 15.7. The van der Waals surface area contributed by atoms with Gasteiger partial charge in [0.1, 0.15) is 17.1 Å². The quantitative estimate of drug-likeness (QED) is 0.489. The van der Waals surface area contributed by atoms with E-state index in [9.17, 15) is 13.6 Å². The van der Waals surface area contributed by atoms with Crippen LogP contribution >= 0.6 is 0 Å². The van der Waals surface area contributed by atoms with Crippen molar-refractivity contribution in [3.05, 3.63) is 65.1 Å². The van der Waals surface area contributed by atoms with Crippen LogP contribution in [0.5, 0.6) is 0 Å². The zero-order valence-corrected chi connectivity index (χ0v) is 25.1. The smallest absolute Gasteiger partial charge is 0.281 e. The number of aryl methyl sites for hydroxylation is 1. The molecular formula is C33H38F2N6O3. The van der Waals surface area contributed by atoms with Crippen molar-refractivity contribution in [3.63, 3.8) is 0 Å². The molecule has 2 aromatic rings. The fourth-order valence-corrected chi connectivity index (χ4v) is 8.35. The Hall–Kier alpha value is -3.41. The van der Waals surface area contributed by atoms with E-state index in [4.69, 9.17) is 14.5 Å². The van der Waals surface area contributed by atoms with Gasteiger partial charge < -0.3 is 24.2 Å². The summed E-state index contributed by atoms with van der Waals surface area (Å²) < 4.78 is 41.5. The number of fused-ring (bicyclic) bond motifs is 6. The Morgan fingerprint density at radius 3 is 2.57 bits per heavy atom. The number of aromatic nitrogens is 2. The van der Waals surface area contributed by atoms with E-state index < -0.39 is 17.6 Å². The minimum atomic E-state index is -2.68. The Labute approximate surface area is 256 Å². The minimum absolute atomic E-state index is 0.0264. The topological polar surface area (TPSA) is 74.3 Å². The Morgan fingerprint density at radius 1 is 1.11 bits per heavy atom. The van der Waals surface area contributed by atoms with Crippen LogP contribution in [0.4, 0.5) is 20.3 Å². The maximum Gasteiger partial charge on any atom is 0.281 e. The van der Waals surface area contributed by atoms with Crippen LogP contribution in [0.1, 0.15) is 53.8 Å². The van der Waals surface area contributed by atoms with Gasteiger partial charge in [0.05, 0.1) is 24.6 Å². The SMILES string of the molecule is C=CC(=O)N1CCN(C2CN3c4cc(N5CCC6(CC5)OC5(COC5)c5nccc(C)c56)nc(C(F)F)c4C=CC[C@@H]23)CC1. The summed E-state index contributed by atoms with van der Waals surface area (Å²) in [6.07, 6.45) is 6.65. The zero-order chi connectivity index (χ0) is 30.2. The summed E-state index contributed by atoms with van der Waals surface area (Å²) in [5, 5.41) is 0. The first-order chi connectivity index (χ1) is 21.3. The highest BCUT2D eigenvalue weighted by Gasteiger charge is 2.59. The number of carbonyl (C=O) groups is 1. The number of piperazine rings is 1. The number of halogens is 2. The molecule has 1 unspecified atom stereocenters. The van der Waals surface area contributed by atoms with Crippen molar-refractivity contribution in [2.45, 2.75) is 55.9 Å². The van der Waals surface area contributed by atoms with Gasteiger partial charge in [0.15, 0.2) is 5.60 Å². The van der Waals surface area contributed by atoms with Gasteiger partial charge in [-0.1, -0.05) is 18.7 Å². The first kappa shape index (κ1) is 28.1. The van der Waals surface area contributed by atoms with E-state index in [0.717, 1.165) is 50.3 Å². The van der Waals surface area contributed by atoms with Crippen molar-refractivity contribution in [2.24, 2.45) is 0 Å². The molecule has 0 saturated carbocycles. The monoisotopic (exact) mass is 604 g/mol. The lowest BCUT2D eigenvalue weighted by Gasteiger charge is -2.55. The molecule has 9 nitrogen and oxygen atoms in total. The van der Waals surface area contributed by atoms with Crippen LogP contribution < -0.4 is 9.80 Å². The van der Waals surface area contributed by atoms with Crippen molar-refractivity contribution in [1.82, 2.24) is 19.8 Å². The molecule has 11 heteroatoms. The highest BCUT2D eigenvalue weighted by molar-refractivity contribution is 5.87. The van der Waals surface area contributed by atoms with E-state index in [1.807, 2.05) is 35.4 Å². The van der Waals surface area contributed by atoms with E-state index >= 15 is 0 Å². The van der Waals surface area contributed by atoms with Crippen LogP contribution in [0, 0.1) is 6.92 Å². The molecule has 0 aromatic carbocycles. The number of hydrogen-bond donors (Lipinski definition) is 0. The van der Waals surface area contributed by atoms with Gasteiger partial charge in [0.2, 0.25) is 5.91 Å². The summed E-state index contributed by atoms with van der Waals surface area (Å²) in [4.78, 5) is 30.1. The van der Waals surface area contributed by atoms with Crippen molar-refractivity contribution < 1.29 is 23.0 Å². The van der Waals surface area contributed by atoms with E-state index in [0.29, 0.717) is 56.8 Å². The van der Waals surface area contributed by atoms with Gasteiger partial charge in [-0.25, -0.2) is 13.8 Å². The lowest BCUT2D eigenvalue weighted by atomic mass is 9.81. The second-order valence-corrected chi connectivity index (χ2v) is 13.0. The minimum Gasteiger partial charge on any atom is -0.374 e. The van der Waals surface area contributed by atoms with Crippen LogP contribution in [0.2, 0.25) is 0 Å². The van der Waals surface area contributed by atoms with Crippen molar-refractivity contribution in [3.8, 4) is 0 Å². The number of anilines is 2. The molecule has 1 amide bonds. The molecule has 44 heavy (non-hydrogen) atoms. The third kappa shape index (κ3) is 4.15. The molecule has 2 aromatic heterocycles. The number of nitrogens with zero attached hydrogens (tertiary/aromatic N) is 6. The predicted molar refractivity (Wildman–Crippen MR) is 162 cm³/mol. The molecule has 232 valence electrons. The van der Waals surface area contributed by atoms with Gasteiger partial charge in [-0.2, -0.15) is 0 Å². The van der Waals surface area contributed by atoms with Crippen LogP contribution in [0.25, 0.3) is 6.08 Å². The third-order valence-electron chi connectivity index (χ3n) is 10.7. The third-order valence-corrected chi connectivity index (χ3v) is 10.7. The average molecular weight is 605 g/mol. The largest absolute Gasteiger partial charge is 0.374 e. The normalized spacial score (nSPS) is 26.6. The van der Waals surface area contributed by atoms with Crippen molar-refractivity contribution >= 4 is 23.5 Å². The molecule has 0 aliphatic carbocycles. The van der Waals surface area contributed by atoms with Crippen LogP contribution in [0.3, 0.4) is 0 Å². The Morgan fingerprint density at radius 2 is 1.89 bits per heavy atom. The molecule has 0 radical (unpaired) electrons. The molecule has 2 atom stereocenters. The molecule has 8 rings (SSSR count). The van der Waals surface area contributed by atoms with E-state index in [-0.39, 0.29) is 17.6 Å². The summed E-state index contributed by atoms with van der Waals surface area (Å²) in [6, 6.07) is 4.57. The lowest BCUT2D eigenvalue weighted by molar-refractivity contribution is -0.260.